The molecular formula is C13H15ClN2OS. The monoisotopic (exact) mass is 282 g/mol. The van der Waals surface area contributed by atoms with Gasteiger partial charge < -0.3 is 10.0 Å². The molecule has 0 aliphatic heterocycles. The van der Waals surface area contributed by atoms with E-state index in [9.17, 15) is 5.11 Å². The molecule has 1 aromatic carbocycles. The van der Waals surface area contributed by atoms with Gasteiger partial charge in [0, 0.05) is 24.0 Å². The number of aromatic nitrogens is 1. The van der Waals surface area contributed by atoms with E-state index in [2.05, 4.69) is 4.98 Å². The third-order valence-electron chi connectivity index (χ3n) is 2.63. The molecular weight excluding hydrogens is 268 g/mol. The van der Waals surface area contributed by atoms with Gasteiger partial charge in [0.1, 0.15) is 0 Å². The second-order valence-electron chi connectivity index (χ2n) is 4.18. The van der Waals surface area contributed by atoms with Crippen molar-refractivity contribution < 1.29 is 5.11 Å². The first-order chi connectivity index (χ1) is 8.58. The van der Waals surface area contributed by atoms with Crippen LogP contribution in [0, 0.1) is 0 Å². The fraction of sp³-hybridized carbons (Fsp3) is 0.308. The molecule has 2 aromatic rings. The molecule has 1 atom stereocenters. The Morgan fingerprint density at radius 1 is 1.44 bits per heavy atom. The van der Waals surface area contributed by atoms with Crippen LogP contribution in [0.1, 0.15) is 24.3 Å². The van der Waals surface area contributed by atoms with Crippen LogP contribution in [-0.2, 0) is 6.54 Å². The minimum atomic E-state index is -0.524. The van der Waals surface area contributed by atoms with Crippen LogP contribution in [0.2, 0.25) is 5.02 Å². The van der Waals surface area contributed by atoms with Crippen LogP contribution in [0.4, 0.5) is 5.13 Å². The molecule has 96 valence electrons. The molecule has 1 aromatic heterocycles. The van der Waals surface area contributed by atoms with Crippen LogP contribution in [0.15, 0.2) is 29.6 Å². The molecule has 0 spiro atoms. The zero-order valence-corrected chi connectivity index (χ0v) is 11.9. The first kappa shape index (κ1) is 13.3. The largest absolute Gasteiger partial charge is 0.387 e. The molecule has 1 heterocycles. The number of aliphatic hydroxyl groups is 1. The number of hydrogen-bond acceptors (Lipinski definition) is 4. The summed E-state index contributed by atoms with van der Waals surface area (Å²) in [5, 5.41) is 13.0. The number of thiazole rings is 1. The number of nitrogens with zero attached hydrogens (tertiary/aromatic N) is 2. The lowest BCUT2D eigenvalue weighted by Gasteiger charge is -2.16. The molecule has 0 aliphatic carbocycles. The third-order valence-corrected chi connectivity index (χ3v) is 3.97. The SMILES string of the molecule is CC(O)c1csc(N(C)Cc2ccccc2Cl)n1. The molecule has 18 heavy (non-hydrogen) atoms. The average Bonchev–Trinajstić information content (AvgIpc) is 2.81. The maximum atomic E-state index is 9.46. The Hall–Kier alpha value is -1.10. The van der Waals surface area contributed by atoms with Crippen molar-refractivity contribution in [2.45, 2.75) is 19.6 Å². The first-order valence-electron chi connectivity index (χ1n) is 5.66. The maximum Gasteiger partial charge on any atom is 0.185 e. The smallest absolute Gasteiger partial charge is 0.185 e. The molecule has 1 unspecified atom stereocenters. The Kier molecular flexibility index (Phi) is 4.22. The normalized spacial score (nSPS) is 12.4. The summed E-state index contributed by atoms with van der Waals surface area (Å²) in [5.41, 5.74) is 1.77. The molecule has 0 radical (unpaired) electrons. The van der Waals surface area contributed by atoms with Gasteiger partial charge in [-0.3, -0.25) is 0 Å². The molecule has 0 fully saturated rings. The third kappa shape index (κ3) is 3.02. The summed E-state index contributed by atoms with van der Waals surface area (Å²) in [6.45, 7) is 2.42. The Bertz CT molecular complexity index is 527. The zero-order valence-electron chi connectivity index (χ0n) is 10.3. The Balaban J connectivity index is 2.12. The minimum Gasteiger partial charge on any atom is -0.387 e. The van der Waals surface area contributed by atoms with Gasteiger partial charge in [0.2, 0.25) is 0 Å². The topological polar surface area (TPSA) is 36.4 Å². The minimum absolute atomic E-state index is 0.524. The first-order valence-corrected chi connectivity index (χ1v) is 6.91. The van der Waals surface area contributed by atoms with Gasteiger partial charge >= 0.3 is 0 Å². The molecule has 3 nitrogen and oxygen atoms in total. The van der Waals surface area contributed by atoms with Crippen LogP contribution in [-0.4, -0.2) is 17.1 Å². The van der Waals surface area contributed by atoms with Crippen molar-refractivity contribution in [2.24, 2.45) is 0 Å². The molecule has 0 saturated heterocycles. The van der Waals surface area contributed by atoms with Crippen LogP contribution in [0.25, 0.3) is 0 Å². The van der Waals surface area contributed by atoms with Crippen molar-refractivity contribution in [1.82, 2.24) is 4.98 Å². The lowest BCUT2D eigenvalue weighted by Crippen LogP contribution is -2.16. The molecule has 2 rings (SSSR count). The van der Waals surface area contributed by atoms with E-state index >= 15 is 0 Å². The quantitative estimate of drug-likeness (QED) is 0.933. The molecule has 5 heteroatoms. The Morgan fingerprint density at radius 2 is 2.17 bits per heavy atom. The van der Waals surface area contributed by atoms with Gasteiger partial charge in [0.05, 0.1) is 11.8 Å². The van der Waals surface area contributed by atoms with Gasteiger partial charge in [0.25, 0.3) is 0 Å². The summed E-state index contributed by atoms with van der Waals surface area (Å²) in [7, 11) is 1.97. The highest BCUT2D eigenvalue weighted by atomic mass is 35.5. The predicted octanol–water partition coefficient (Wildman–Crippen LogP) is 3.49. The summed E-state index contributed by atoms with van der Waals surface area (Å²) in [6.07, 6.45) is -0.524. The standard InChI is InChI=1S/C13H15ClN2OS/c1-9(17)12-8-18-13(15-12)16(2)7-10-5-3-4-6-11(10)14/h3-6,8-9,17H,7H2,1-2H3. The van der Waals surface area contributed by atoms with Crippen molar-refractivity contribution in [3.63, 3.8) is 0 Å². The number of rotatable bonds is 4. The summed E-state index contributed by atoms with van der Waals surface area (Å²) in [4.78, 5) is 6.41. The summed E-state index contributed by atoms with van der Waals surface area (Å²) < 4.78 is 0. The Morgan fingerprint density at radius 3 is 2.78 bits per heavy atom. The predicted molar refractivity (Wildman–Crippen MR) is 76.3 cm³/mol. The summed E-state index contributed by atoms with van der Waals surface area (Å²) >= 11 is 7.65. The van der Waals surface area contributed by atoms with Crippen LogP contribution >= 0.6 is 22.9 Å². The van der Waals surface area contributed by atoms with Gasteiger partial charge in [-0.1, -0.05) is 29.8 Å². The maximum absolute atomic E-state index is 9.46. The van der Waals surface area contributed by atoms with Crippen LogP contribution < -0.4 is 4.90 Å². The molecule has 0 amide bonds. The lowest BCUT2D eigenvalue weighted by atomic mass is 10.2. The number of halogens is 1. The highest BCUT2D eigenvalue weighted by Crippen LogP contribution is 2.25. The fourth-order valence-electron chi connectivity index (χ4n) is 1.59. The lowest BCUT2D eigenvalue weighted by molar-refractivity contribution is 0.195. The van der Waals surface area contributed by atoms with Gasteiger partial charge in [0.15, 0.2) is 5.13 Å². The summed E-state index contributed by atoms with van der Waals surface area (Å²) in [5.74, 6) is 0. The number of aliphatic hydroxyl groups excluding tert-OH is 1. The second-order valence-corrected chi connectivity index (χ2v) is 5.42. The number of hydrogen-bond donors (Lipinski definition) is 1. The Labute approximate surface area is 116 Å². The highest BCUT2D eigenvalue weighted by Gasteiger charge is 2.11. The molecule has 1 N–H and O–H groups in total. The van der Waals surface area contributed by atoms with Crippen molar-refractivity contribution >= 4 is 28.1 Å². The molecule has 0 bridgehead atoms. The number of benzene rings is 1. The highest BCUT2D eigenvalue weighted by molar-refractivity contribution is 7.13. The van der Waals surface area contributed by atoms with Crippen molar-refractivity contribution in [1.29, 1.82) is 0 Å². The van der Waals surface area contributed by atoms with E-state index in [0.717, 1.165) is 15.7 Å². The number of anilines is 1. The van der Waals surface area contributed by atoms with Crippen molar-refractivity contribution in [3.05, 3.63) is 45.9 Å². The van der Waals surface area contributed by atoms with E-state index in [-0.39, 0.29) is 0 Å². The van der Waals surface area contributed by atoms with Crippen molar-refractivity contribution in [3.8, 4) is 0 Å². The van der Waals surface area contributed by atoms with Crippen LogP contribution in [0.5, 0.6) is 0 Å². The van der Waals surface area contributed by atoms with Gasteiger partial charge in [-0.2, -0.15) is 0 Å². The van der Waals surface area contributed by atoms with Gasteiger partial charge in [-0.15, -0.1) is 11.3 Å². The summed E-state index contributed by atoms with van der Waals surface area (Å²) in [6, 6.07) is 7.77. The van der Waals surface area contributed by atoms with E-state index in [1.165, 1.54) is 11.3 Å². The van der Waals surface area contributed by atoms with E-state index in [4.69, 9.17) is 11.6 Å². The second kappa shape index (κ2) is 5.69. The fourth-order valence-corrected chi connectivity index (χ4v) is 2.67. The van der Waals surface area contributed by atoms with Gasteiger partial charge in [-0.05, 0) is 18.6 Å². The van der Waals surface area contributed by atoms with E-state index in [0.29, 0.717) is 12.2 Å². The van der Waals surface area contributed by atoms with Gasteiger partial charge in [-0.25, -0.2) is 4.98 Å². The zero-order chi connectivity index (χ0) is 13.1. The van der Waals surface area contributed by atoms with E-state index < -0.39 is 6.10 Å². The van der Waals surface area contributed by atoms with E-state index in [1.807, 2.05) is 41.6 Å². The molecule has 0 aliphatic rings. The molecule has 0 saturated carbocycles. The van der Waals surface area contributed by atoms with Crippen molar-refractivity contribution in [2.75, 3.05) is 11.9 Å². The van der Waals surface area contributed by atoms with Crippen LogP contribution in [0.3, 0.4) is 0 Å². The van der Waals surface area contributed by atoms with E-state index in [1.54, 1.807) is 6.92 Å². The average molecular weight is 283 g/mol.